The molecule has 170 valence electrons. The number of halogens is 5. The normalized spacial score (nSPS) is 15.3. The number of benzene rings is 2. The molecule has 4 rings (SSSR count). The van der Waals surface area contributed by atoms with Gasteiger partial charge in [-0.25, -0.2) is 35.4 Å². The average molecular weight is 489 g/mol. The molecule has 0 bridgehead atoms. The third-order valence-corrected chi connectivity index (χ3v) is 7.91. The van der Waals surface area contributed by atoms with E-state index in [1.165, 1.54) is 11.3 Å². The van der Waals surface area contributed by atoms with E-state index in [1.54, 1.807) is 0 Å². The van der Waals surface area contributed by atoms with E-state index in [4.69, 9.17) is 0 Å². The number of anilines is 1. The zero-order chi connectivity index (χ0) is 23.0. The maximum absolute atomic E-state index is 14.0. The Morgan fingerprint density at radius 2 is 1.41 bits per heavy atom. The van der Waals surface area contributed by atoms with Crippen LogP contribution in [0.5, 0.6) is 0 Å². The standard InChI is InChI=1S/C20H16F5N3O2S2/c21-14-15(22)17(24)19(18(25)16(14)23)32(29,30)28-8-6-27(7-9-28)20-26-13(11-31-20)10-12-4-2-1-3-5-12/h1-5,11H,6-10H2. The topological polar surface area (TPSA) is 53.5 Å². The number of rotatable bonds is 5. The summed E-state index contributed by atoms with van der Waals surface area (Å²) in [6.45, 7) is -0.106. The van der Waals surface area contributed by atoms with Gasteiger partial charge in [-0.2, -0.15) is 4.31 Å². The minimum absolute atomic E-state index is 0.146. The van der Waals surface area contributed by atoms with Crippen molar-refractivity contribution >= 4 is 26.5 Å². The molecular formula is C20H16F5N3O2S2. The van der Waals surface area contributed by atoms with Gasteiger partial charge in [0.2, 0.25) is 15.8 Å². The smallest absolute Gasteiger partial charge is 0.249 e. The van der Waals surface area contributed by atoms with Gasteiger partial charge in [0.1, 0.15) is 0 Å². The molecule has 0 unspecified atom stereocenters. The van der Waals surface area contributed by atoms with Gasteiger partial charge in [0.25, 0.3) is 0 Å². The van der Waals surface area contributed by atoms with Crippen LogP contribution in [0.1, 0.15) is 11.3 Å². The minimum Gasteiger partial charge on any atom is -0.345 e. The molecule has 0 saturated carbocycles. The molecule has 0 aliphatic carbocycles. The van der Waals surface area contributed by atoms with Crippen LogP contribution in [-0.2, 0) is 16.4 Å². The highest BCUT2D eigenvalue weighted by atomic mass is 32.2. The average Bonchev–Trinajstić information content (AvgIpc) is 3.25. The van der Waals surface area contributed by atoms with Crippen LogP contribution in [0, 0.1) is 29.1 Å². The Kier molecular flexibility index (Phi) is 6.19. The van der Waals surface area contributed by atoms with Crippen molar-refractivity contribution in [3.05, 3.63) is 76.1 Å². The molecule has 1 aliphatic heterocycles. The Morgan fingerprint density at radius 1 is 0.844 bits per heavy atom. The second-order valence-corrected chi connectivity index (χ2v) is 9.79. The third-order valence-electron chi connectivity index (χ3n) is 5.04. The zero-order valence-corrected chi connectivity index (χ0v) is 18.0. The van der Waals surface area contributed by atoms with Gasteiger partial charge in [0, 0.05) is 38.0 Å². The molecule has 32 heavy (non-hydrogen) atoms. The fraction of sp³-hybridized carbons (Fsp3) is 0.250. The van der Waals surface area contributed by atoms with E-state index in [1.807, 2.05) is 40.6 Å². The summed E-state index contributed by atoms with van der Waals surface area (Å²) in [6.07, 6.45) is 0.631. The van der Waals surface area contributed by atoms with Crippen molar-refractivity contribution in [2.45, 2.75) is 11.3 Å². The van der Waals surface area contributed by atoms with Crippen LogP contribution in [0.4, 0.5) is 27.1 Å². The van der Waals surface area contributed by atoms with Crippen LogP contribution in [0.25, 0.3) is 0 Å². The number of piperazine rings is 1. The summed E-state index contributed by atoms with van der Waals surface area (Å²) in [4.78, 5) is 4.53. The maximum atomic E-state index is 14.0. The van der Waals surface area contributed by atoms with Gasteiger partial charge in [-0.1, -0.05) is 30.3 Å². The Labute approximate surface area is 184 Å². The first-order valence-electron chi connectivity index (χ1n) is 9.45. The van der Waals surface area contributed by atoms with Gasteiger partial charge in [-0.15, -0.1) is 11.3 Å². The quantitative estimate of drug-likeness (QED) is 0.310. The lowest BCUT2D eigenvalue weighted by atomic mass is 10.1. The van der Waals surface area contributed by atoms with Crippen molar-refractivity contribution in [2.24, 2.45) is 0 Å². The molecule has 1 fully saturated rings. The maximum Gasteiger partial charge on any atom is 0.249 e. The van der Waals surface area contributed by atoms with Crippen LogP contribution < -0.4 is 4.90 Å². The number of nitrogens with zero attached hydrogens (tertiary/aromatic N) is 3. The van der Waals surface area contributed by atoms with E-state index in [0.717, 1.165) is 11.3 Å². The van der Waals surface area contributed by atoms with Crippen molar-refractivity contribution in [1.82, 2.24) is 9.29 Å². The van der Waals surface area contributed by atoms with Gasteiger partial charge < -0.3 is 4.90 Å². The van der Waals surface area contributed by atoms with Crippen LogP contribution in [0.2, 0.25) is 0 Å². The first kappa shape index (κ1) is 22.6. The summed E-state index contributed by atoms with van der Waals surface area (Å²) in [5.41, 5.74) is 1.93. The number of sulfonamides is 1. The van der Waals surface area contributed by atoms with Gasteiger partial charge in [-0.05, 0) is 5.56 Å². The molecule has 1 aromatic heterocycles. The zero-order valence-electron chi connectivity index (χ0n) is 16.4. The molecule has 3 aromatic rings. The molecule has 0 amide bonds. The van der Waals surface area contributed by atoms with Gasteiger partial charge in [0.05, 0.1) is 5.69 Å². The van der Waals surface area contributed by atoms with E-state index in [9.17, 15) is 30.4 Å². The van der Waals surface area contributed by atoms with Crippen molar-refractivity contribution in [2.75, 3.05) is 31.1 Å². The van der Waals surface area contributed by atoms with Crippen LogP contribution in [0.3, 0.4) is 0 Å². The largest absolute Gasteiger partial charge is 0.345 e. The highest BCUT2D eigenvalue weighted by molar-refractivity contribution is 7.89. The molecule has 0 atom stereocenters. The first-order valence-corrected chi connectivity index (χ1v) is 11.8. The summed E-state index contributed by atoms with van der Waals surface area (Å²) in [7, 11) is -4.93. The van der Waals surface area contributed by atoms with Gasteiger partial charge >= 0.3 is 0 Å². The second kappa shape index (κ2) is 8.75. The van der Waals surface area contributed by atoms with E-state index in [0.29, 0.717) is 15.9 Å². The fourth-order valence-corrected chi connectivity index (χ4v) is 5.80. The lowest BCUT2D eigenvalue weighted by Crippen LogP contribution is -2.49. The molecule has 2 heterocycles. The lowest BCUT2D eigenvalue weighted by molar-refractivity contribution is 0.344. The Hall–Kier alpha value is -2.57. The summed E-state index contributed by atoms with van der Waals surface area (Å²) in [6, 6.07) is 9.71. The number of hydrogen-bond acceptors (Lipinski definition) is 5. The molecule has 0 spiro atoms. The highest BCUT2D eigenvalue weighted by Crippen LogP contribution is 2.30. The molecule has 0 radical (unpaired) electrons. The third kappa shape index (κ3) is 4.09. The number of aromatic nitrogens is 1. The van der Waals surface area contributed by atoms with Crippen LogP contribution >= 0.6 is 11.3 Å². The van der Waals surface area contributed by atoms with Crippen LogP contribution in [-0.4, -0.2) is 43.9 Å². The van der Waals surface area contributed by atoms with E-state index in [2.05, 4.69) is 4.98 Å². The molecule has 0 N–H and O–H groups in total. The summed E-state index contributed by atoms with van der Waals surface area (Å²) in [5, 5.41) is 2.55. The Morgan fingerprint density at radius 3 is 2.00 bits per heavy atom. The van der Waals surface area contributed by atoms with Gasteiger partial charge in [0.15, 0.2) is 33.3 Å². The summed E-state index contributed by atoms with van der Waals surface area (Å²) >= 11 is 1.38. The molecule has 1 saturated heterocycles. The van der Waals surface area contributed by atoms with Crippen molar-refractivity contribution in [3.8, 4) is 0 Å². The minimum atomic E-state index is -4.93. The monoisotopic (exact) mass is 489 g/mol. The molecule has 1 aliphatic rings. The number of hydrogen-bond donors (Lipinski definition) is 0. The molecule has 5 nitrogen and oxygen atoms in total. The predicted octanol–water partition coefficient (Wildman–Crippen LogP) is 3.94. The number of thiazole rings is 1. The highest BCUT2D eigenvalue weighted by Gasteiger charge is 2.38. The fourth-order valence-electron chi connectivity index (χ4n) is 3.39. The summed E-state index contributed by atoms with van der Waals surface area (Å²) in [5.74, 6) is -11.7. The Bertz CT molecular complexity index is 1210. The second-order valence-electron chi connectivity index (χ2n) is 7.07. The lowest BCUT2D eigenvalue weighted by Gasteiger charge is -2.33. The van der Waals surface area contributed by atoms with Crippen molar-refractivity contribution in [1.29, 1.82) is 0 Å². The first-order chi connectivity index (χ1) is 15.2. The van der Waals surface area contributed by atoms with E-state index < -0.39 is 44.0 Å². The van der Waals surface area contributed by atoms with Crippen molar-refractivity contribution < 1.29 is 30.4 Å². The van der Waals surface area contributed by atoms with Crippen LogP contribution in [0.15, 0.2) is 40.6 Å². The SMILES string of the molecule is O=S(=O)(c1c(F)c(F)c(F)c(F)c1F)N1CCN(c2nc(Cc3ccccc3)cs2)CC1. The van der Waals surface area contributed by atoms with E-state index in [-0.39, 0.29) is 26.2 Å². The summed E-state index contributed by atoms with van der Waals surface area (Å²) < 4.78 is 94.3. The van der Waals surface area contributed by atoms with Gasteiger partial charge in [-0.3, -0.25) is 0 Å². The Balaban J connectivity index is 1.49. The molecular weight excluding hydrogens is 473 g/mol. The molecule has 2 aromatic carbocycles. The predicted molar refractivity (Wildman–Crippen MR) is 109 cm³/mol. The van der Waals surface area contributed by atoms with E-state index >= 15 is 0 Å². The molecule has 12 heteroatoms. The van der Waals surface area contributed by atoms with Crippen molar-refractivity contribution in [3.63, 3.8) is 0 Å².